The highest BCUT2D eigenvalue weighted by molar-refractivity contribution is 7.80. The van der Waals surface area contributed by atoms with Crippen LogP contribution in [0.3, 0.4) is 0 Å². The van der Waals surface area contributed by atoms with Crippen LogP contribution in [0.2, 0.25) is 0 Å². The molecule has 0 atom stereocenters. The van der Waals surface area contributed by atoms with Gasteiger partial charge in [-0.3, -0.25) is 10.9 Å². The van der Waals surface area contributed by atoms with Crippen molar-refractivity contribution in [3.63, 3.8) is 0 Å². The predicted molar refractivity (Wildman–Crippen MR) is 95.7 cm³/mol. The van der Waals surface area contributed by atoms with Crippen LogP contribution in [-0.4, -0.2) is 35.7 Å². The Bertz CT molecular complexity index is 553. The second-order valence-electron chi connectivity index (χ2n) is 3.91. The quantitative estimate of drug-likeness (QED) is 0.376. The van der Waals surface area contributed by atoms with E-state index in [1.54, 1.807) is 14.1 Å². The van der Waals surface area contributed by atoms with Crippen LogP contribution in [0.5, 0.6) is 0 Å². The zero-order valence-electron chi connectivity index (χ0n) is 12.1. The van der Waals surface area contributed by atoms with Crippen LogP contribution in [0.15, 0.2) is 40.5 Å². The Kier molecular flexibility index (Phi) is 7.27. The van der Waals surface area contributed by atoms with Gasteiger partial charge in [0.15, 0.2) is 10.2 Å². The van der Waals surface area contributed by atoms with E-state index in [1.807, 2.05) is 37.3 Å². The van der Waals surface area contributed by atoms with E-state index in [4.69, 9.17) is 24.4 Å². The lowest BCUT2D eigenvalue weighted by Crippen LogP contribution is -2.32. The maximum atomic E-state index is 5.02. The predicted octanol–water partition coefficient (Wildman–Crippen LogP) is 0.954. The number of rotatable bonds is 4. The summed E-state index contributed by atoms with van der Waals surface area (Å²) in [6, 6.07) is 9.69. The van der Waals surface area contributed by atoms with Crippen LogP contribution in [0.1, 0.15) is 12.5 Å². The van der Waals surface area contributed by atoms with E-state index < -0.39 is 0 Å². The number of hydrazone groups is 2. The smallest absolute Gasteiger partial charge is 0.186 e. The summed E-state index contributed by atoms with van der Waals surface area (Å²) in [4.78, 5) is 0. The molecule has 0 fully saturated rings. The van der Waals surface area contributed by atoms with Gasteiger partial charge in [-0.25, -0.2) is 0 Å². The third-order valence-corrected chi connectivity index (χ3v) is 3.03. The zero-order chi connectivity index (χ0) is 15.7. The van der Waals surface area contributed by atoms with Crippen LogP contribution in [0.25, 0.3) is 0 Å². The molecule has 0 heterocycles. The first-order chi connectivity index (χ1) is 10.1. The third kappa shape index (κ3) is 5.84. The molecule has 4 N–H and O–H groups in total. The standard InChI is InChI=1S/C13H18N6S2/c1-9(16-18-12(20)14-2)11(17-19-13(21)15-3)10-7-5-4-6-8-10/h4-8H,1-3H3,(H2,14,18,20)(H2,15,19,21)/b16-9-,17-11+. The van der Waals surface area contributed by atoms with Crippen LogP contribution in [0.4, 0.5) is 0 Å². The molecule has 0 aliphatic heterocycles. The largest absolute Gasteiger partial charge is 0.364 e. The van der Waals surface area contributed by atoms with Crippen LogP contribution >= 0.6 is 24.4 Å². The van der Waals surface area contributed by atoms with E-state index in [0.29, 0.717) is 21.6 Å². The Hall–Kier alpha value is -2.06. The van der Waals surface area contributed by atoms with Crippen molar-refractivity contribution < 1.29 is 0 Å². The van der Waals surface area contributed by atoms with Gasteiger partial charge in [-0.1, -0.05) is 30.3 Å². The zero-order valence-corrected chi connectivity index (χ0v) is 13.7. The minimum Gasteiger partial charge on any atom is -0.364 e. The fourth-order valence-corrected chi connectivity index (χ4v) is 1.45. The summed E-state index contributed by atoms with van der Waals surface area (Å²) in [5.41, 5.74) is 7.76. The van der Waals surface area contributed by atoms with E-state index in [1.165, 1.54) is 0 Å². The van der Waals surface area contributed by atoms with Crippen LogP contribution < -0.4 is 21.5 Å². The Labute approximate surface area is 135 Å². The van der Waals surface area contributed by atoms with Crippen molar-refractivity contribution in [1.29, 1.82) is 0 Å². The van der Waals surface area contributed by atoms with Crippen molar-refractivity contribution in [1.82, 2.24) is 21.5 Å². The molecule has 0 amide bonds. The highest BCUT2D eigenvalue weighted by Gasteiger charge is 2.08. The van der Waals surface area contributed by atoms with E-state index in [9.17, 15) is 0 Å². The van der Waals surface area contributed by atoms with Gasteiger partial charge < -0.3 is 10.6 Å². The Morgan fingerprint density at radius 2 is 1.43 bits per heavy atom. The highest BCUT2D eigenvalue weighted by Crippen LogP contribution is 2.02. The molecule has 21 heavy (non-hydrogen) atoms. The number of nitrogens with zero attached hydrogens (tertiary/aromatic N) is 2. The van der Waals surface area contributed by atoms with Gasteiger partial charge in [-0.15, -0.1) is 0 Å². The molecule has 0 radical (unpaired) electrons. The first kappa shape index (κ1) is 17.0. The van der Waals surface area contributed by atoms with Gasteiger partial charge in [-0.05, 0) is 31.4 Å². The summed E-state index contributed by atoms with van der Waals surface area (Å²) in [6.07, 6.45) is 0. The summed E-state index contributed by atoms with van der Waals surface area (Å²) < 4.78 is 0. The Morgan fingerprint density at radius 1 is 0.905 bits per heavy atom. The fourth-order valence-electron chi connectivity index (χ4n) is 1.36. The topological polar surface area (TPSA) is 72.8 Å². The van der Waals surface area contributed by atoms with Crippen molar-refractivity contribution in [2.45, 2.75) is 6.92 Å². The molecule has 0 unspecified atom stereocenters. The molecule has 8 heteroatoms. The molecule has 0 bridgehead atoms. The maximum Gasteiger partial charge on any atom is 0.186 e. The maximum absolute atomic E-state index is 5.02. The third-order valence-electron chi connectivity index (χ3n) is 2.44. The minimum atomic E-state index is 0.426. The molecule has 1 aromatic carbocycles. The SMILES string of the molecule is CNC(=S)N/N=C(C)\C(=N/NC(=S)NC)c1ccccc1. The van der Waals surface area contributed by atoms with Crippen LogP contribution in [-0.2, 0) is 0 Å². The first-order valence-corrected chi connectivity index (χ1v) is 7.03. The average molecular weight is 322 g/mol. The highest BCUT2D eigenvalue weighted by atomic mass is 32.1. The van der Waals surface area contributed by atoms with E-state index >= 15 is 0 Å². The monoisotopic (exact) mass is 322 g/mol. The van der Waals surface area contributed by atoms with Gasteiger partial charge in [0.1, 0.15) is 5.71 Å². The summed E-state index contributed by atoms with van der Waals surface area (Å²) in [7, 11) is 3.44. The number of thiocarbonyl (C=S) groups is 2. The Balaban J connectivity index is 3.02. The van der Waals surface area contributed by atoms with Gasteiger partial charge in [0.25, 0.3) is 0 Å². The summed E-state index contributed by atoms with van der Waals surface area (Å²) >= 11 is 10.0. The lowest BCUT2D eigenvalue weighted by Gasteiger charge is -2.09. The molecule has 0 aromatic heterocycles. The van der Waals surface area contributed by atoms with Crippen molar-refractivity contribution in [2.75, 3.05) is 14.1 Å². The molecule has 0 spiro atoms. The van der Waals surface area contributed by atoms with Crippen molar-refractivity contribution in [2.24, 2.45) is 10.2 Å². The molecular formula is C13H18N6S2. The molecule has 6 nitrogen and oxygen atoms in total. The van der Waals surface area contributed by atoms with Crippen molar-refractivity contribution >= 4 is 46.1 Å². The Morgan fingerprint density at radius 3 is 1.95 bits per heavy atom. The van der Waals surface area contributed by atoms with Crippen molar-refractivity contribution in [3.05, 3.63) is 35.9 Å². The molecule has 112 valence electrons. The van der Waals surface area contributed by atoms with E-state index in [0.717, 1.165) is 5.56 Å². The van der Waals surface area contributed by atoms with E-state index in [2.05, 4.69) is 31.7 Å². The molecule has 0 saturated carbocycles. The van der Waals surface area contributed by atoms with Gasteiger partial charge in [-0.2, -0.15) is 10.2 Å². The minimum absolute atomic E-state index is 0.426. The second kappa shape index (κ2) is 8.98. The second-order valence-corrected chi connectivity index (χ2v) is 4.72. The molecular weight excluding hydrogens is 304 g/mol. The van der Waals surface area contributed by atoms with Crippen molar-refractivity contribution in [3.8, 4) is 0 Å². The molecule has 1 rings (SSSR count). The van der Waals surface area contributed by atoms with Gasteiger partial charge in [0.2, 0.25) is 0 Å². The molecule has 0 saturated heterocycles. The normalized spacial score (nSPS) is 11.6. The molecule has 0 aliphatic rings. The number of hydrogen-bond donors (Lipinski definition) is 4. The first-order valence-electron chi connectivity index (χ1n) is 6.21. The molecule has 0 aliphatic carbocycles. The van der Waals surface area contributed by atoms with Gasteiger partial charge >= 0.3 is 0 Å². The average Bonchev–Trinajstić information content (AvgIpc) is 2.53. The summed E-state index contributed by atoms with van der Waals surface area (Å²) in [6.45, 7) is 1.83. The summed E-state index contributed by atoms with van der Waals surface area (Å²) in [5, 5.41) is 14.9. The van der Waals surface area contributed by atoms with E-state index in [-0.39, 0.29) is 0 Å². The number of benzene rings is 1. The van der Waals surface area contributed by atoms with Gasteiger partial charge in [0, 0.05) is 19.7 Å². The van der Waals surface area contributed by atoms with Gasteiger partial charge in [0.05, 0.1) is 5.71 Å². The number of hydrogen-bond acceptors (Lipinski definition) is 4. The lowest BCUT2D eigenvalue weighted by molar-refractivity contribution is 0.966. The van der Waals surface area contributed by atoms with Crippen LogP contribution in [0, 0.1) is 0 Å². The lowest BCUT2D eigenvalue weighted by atomic mass is 10.1. The molecule has 1 aromatic rings. The number of nitrogens with one attached hydrogen (secondary N) is 4. The fraction of sp³-hybridized carbons (Fsp3) is 0.231. The summed E-state index contributed by atoms with van der Waals surface area (Å²) in [5.74, 6) is 0.